The van der Waals surface area contributed by atoms with Crippen LogP contribution in [-0.2, 0) is 19.1 Å². The number of Topliss-reactive ketones (excluding diaryl/α,β-unsaturated/α-hetero) is 1. The summed E-state index contributed by atoms with van der Waals surface area (Å²) in [5, 5.41) is 0. The number of esters is 1. The van der Waals surface area contributed by atoms with Crippen molar-refractivity contribution in [2.45, 2.75) is 9.34 Å². The number of hydrogen-bond acceptors (Lipinski definition) is 5. The molecule has 2 unspecified atom stereocenters. The summed E-state index contributed by atoms with van der Waals surface area (Å²) in [6, 6.07) is 7.00. The van der Waals surface area contributed by atoms with Crippen molar-refractivity contribution in [2.24, 2.45) is 0 Å². The first-order chi connectivity index (χ1) is 10.3. The average molecular weight is 499 g/mol. The van der Waals surface area contributed by atoms with Gasteiger partial charge in [0.15, 0.2) is 4.83 Å². The fraction of sp³-hybridized carbons (Fsp3) is 0.286. The smallest absolute Gasteiger partial charge is 0.325 e. The van der Waals surface area contributed by atoms with Crippen LogP contribution in [0.4, 0.5) is 0 Å². The largest absolute Gasteiger partial charge is 0.497 e. The molecule has 0 N–H and O–H groups in total. The lowest BCUT2D eigenvalue weighted by atomic mass is 10.1. The molecule has 22 heavy (non-hydrogen) atoms. The zero-order valence-corrected chi connectivity index (χ0v) is 16.3. The number of alkyl halides is 2. The molecule has 1 aliphatic heterocycles. The Hall–Kier alpha value is -0.860. The minimum absolute atomic E-state index is 0.239. The van der Waals surface area contributed by atoms with E-state index in [1.807, 2.05) is 0 Å². The van der Waals surface area contributed by atoms with Crippen molar-refractivity contribution in [2.75, 3.05) is 14.2 Å². The average Bonchev–Trinajstić information content (AvgIpc) is 2.79. The number of halogens is 3. The van der Waals surface area contributed by atoms with Gasteiger partial charge in [0.05, 0.1) is 14.2 Å². The zero-order valence-electron chi connectivity index (χ0n) is 11.6. The lowest BCUT2D eigenvalue weighted by molar-refractivity contribution is -0.144. The Labute approximate surface area is 152 Å². The first-order valence-corrected chi connectivity index (χ1v) is 8.54. The van der Waals surface area contributed by atoms with Crippen molar-refractivity contribution >= 4 is 65.3 Å². The molecule has 0 saturated carbocycles. The van der Waals surface area contributed by atoms with Gasteiger partial charge in [0, 0.05) is 5.56 Å². The molecule has 0 aliphatic carbocycles. The van der Waals surface area contributed by atoms with Crippen LogP contribution in [0.3, 0.4) is 0 Å². The summed E-state index contributed by atoms with van der Waals surface area (Å²) in [7, 11) is 2.80. The van der Waals surface area contributed by atoms with Gasteiger partial charge in [-0.1, -0.05) is 15.9 Å². The summed E-state index contributed by atoms with van der Waals surface area (Å²) >= 11 is 9.58. The number of hydrogen-bond donors (Lipinski definition) is 0. The maximum atomic E-state index is 12.5. The number of ether oxygens (including phenoxy) is 3. The number of rotatable bonds is 4. The lowest BCUT2D eigenvalue weighted by Crippen LogP contribution is -2.44. The van der Waals surface area contributed by atoms with Crippen LogP contribution in [0.25, 0.3) is 5.76 Å². The van der Waals surface area contributed by atoms with E-state index in [-0.39, 0.29) is 4.48 Å². The fourth-order valence-electron chi connectivity index (χ4n) is 1.84. The highest BCUT2D eigenvalue weighted by Crippen LogP contribution is 2.47. The summed E-state index contributed by atoms with van der Waals surface area (Å²) in [6.45, 7) is 0. The van der Waals surface area contributed by atoms with Crippen LogP contribution in [-0.4, -0.2) is 35.3 Å². The van der Waals surface area contributed by atoms with E-state index in [0.717, 1.165) is 0 Å². The van der Waals surface area contributed by atoms with Gasteiger partial charge in [0.25, 0.3) is 0 Å². The molecule has 0 radical (unpaired) electrons. The van der Waals surface area contributed by atoms with Gasteiger partial charge < -0.3 is 14.2 Å². The summed E-state index contributed by atoms with van der Waals surface area (Å²) in [5.74, 6) is -0.0205. The van der Waals surface area contributed by atoms with Gasteiger partial charge in [0.1, 0.15) is 16.0 Å². The van der Waals surface area contributed by atoms with Crippen molar-refractivity contribution in [1.82, 2.24) is 0 Å². The van der Waals surface area contributed by atoms with Crippen LogP contribution in [0.15, 0.2) is 28.7 Å². The topological polar surface area (TPSA) is 61.8 Å². The predicted octanol–water partition coefficient (Wildman–Crippen LogP) is 3.39. The van der Waals surface area contributed by atoms with E-state index in [9.17, 15) is 9.59 Å². The van der Waals surface area contributed by atoms with Crippen LogP contribution in [0, 0.1) is 0 Å². The zero-order chi connectivity index (χ0) is 16.5. The molecular weight excluding hydrogens is 488 g/mol. The molecule has 0 bridgehead atoms. The molecule has 118 valence electrons. The molecule has 5 nitrogen and oxygen atoms in total. The Morgan fingerprint density at radius 3 is 2.36 bits per heavy atom. The third kappa shape index (κ3) is 2.96. The van der Waals surface area contributed by atoms with E-state index in [0.29, 0.717) is 17.1 Å². The standard InChI is InChI=1S/C14H11Br3O5/c1-20-8-5-3-7(4-6-8)10-9(15)12(18)14(17,22-10)11(16)13(19)21-2/h3-6,11H,1-2H3. The minimum atomic E-state index is -1.56. The van der Waals surface area contributed by atoms with Gasteiger partial charge in [-0.2, -0.15) is 0 Å². The maximum Gasteiger partial charge on any atom is 0.325 e. The number of carbonyl (C=O) groups is 2. The van der Waals surface area contributed by atoms with Crippen molar-refractivity contribution in [1.29, 1.82) is 0 Å². The molecule has 0 fully saturated rings. The van der Waals surface area contributed by atoms with Gasteiger partial charge in [-0.15, -0.1) is 0 Å². The Balaban J connectivity index is 2.35. The van der Waals surface area contributed by atoms with E-state index in [4.69, 9.17) is 9.47 Å². The van der Waals surface area contributed by atoms with Crippen LogP contribution >= 0.6 is 47.8 Å². The van der Waals surface area contributed by atoms with E-state index in [1.165, 1.54) is 7.11 Å². The van der Waals surface area contributed by atoms with Gasteiger partial charge >= 0.3 is 5.97 Å². The van der Waals surface area contributed by atoms with Crippen molar-refractivity contribution in [3.63, 3.8) is 0 Å². The highest BCUT2D eigenvalue weighted by Gasteiger charge is 2.55. The Morgan fingerprint density at radius 1 is 1.27 bits per heavy atom. The number of benzene rings is 1. The maximum absolute atomic E-state index is 12.5. The summed E-state index contributed by atoms with van der Waals surface area (Å²) in [4.78, 5) is 23.2. The Kier molecular flexibility index (Phi) is 5.34. The first-order valence-electron chi connectivity index (χ1n) is 6.04. The minimum Gasteiger partial charge on any atom is -0.497 e. The quantitative estimate of drug-likeness (QED) is 0.470. The molecule has 2 atom stereocenters. The van der Waals surface area contributed by atoms with E-state index in [2.05, 4.69) is 52.5 Å². The summed E-state index contributed by atoms with van der Waals surface area (Å²) in [5.41, 5.74) is 0.673. The number of ketones is 1. The van der Waals surface area contributed by atoms with Crippen LogP contribution < -0.4 is 4.74 Å². The molecule has 1 aromatic rings. The molecule has 0 spiro atoms. The lowest BCUT2D eigenvalue weighted by Gasteiger charge is -2.25. The highest BCUT2D eigenvalue weighted by atomic mass is 79.9. The van der Waals surface area contributed by atoms with Crippen LogP contribution in [0.5, 0.6) is 5.75 Å². The second-order valence-electron chi connectivity index (χ2n) is 4.33. The number of methoxy groups -OCH3 is 2. The second-order valence-corrected chi connectivity index (χ2v) is 7.22. The van der Waals surface area contributed by atoms with Gasteiger partial charge in [-0.25, -0.2) is 0 Å². The molecule has 0 amide bonds. The SMILES string of the molecule is COC(=O)C(Br)C1(Br)OC(c2ccc(OC)cc2)=C(Br)C1=O. The fourth-order valence-corrected chi connectivity index (χ4v) is 3.75. The molecule has 2 rings (SSSR count). The Morgan fingerprint density at radius 2 is 1.86 bits per heavy atom. The van der Waals surface area contributed by atoms with Gasteiger partial charge in [0.2, 0.25) is 10.3 Å². The third-order valence-electron chi connectivity index (χ3n) is 3.05. The van der Waals surface area contributed by atoms with Gasteiger partial charge in [-0.3, -0.25) is 9.59 Å². The molecule has 8 heteroatoms. The molecule has 0 aromatic heterocycles. The summed E-state index contributed by atoms with van der Waals surface area (Å²) < 4.78 is 14.1. The molecule has 1 aliphatic rings. The monoisotopic (exact) mass is 496 g/mol. The highest BCUT2D eigenvalue weighted by molar-refractivity contribution is 9.13. The number of carbonyl (C=O) groups excluding carboxylic acids is 2. The van der Waals surface area contributed by atoms with Crippen LogP contribution in [0.2, 0.25) is 0 Å². The van der Waals surface area contributed by atoms with Gasteiger partial charge in [-0.05, 0) is 56.1 Å². The van der Waals surface area contributed by atoms with Crippen molar-refractivity contribution in [3.05, 3.63) is 34.3 Å². The van der Waals surface area contributed by atoms with E-state index < -0.39 is 21.1 Å². The Bertz CT molecular complexity index is 640. The van der Waals surface area contributed by atoms with E-state index >= 15 is 0 Å². The molecule has 1 heterocycles. The molecular formula is C14H11Br3O5. The summed E-state index contributed by atoms with van der Waals surface area (Å²) in [6.07, 6.45) is 0. The normalized spacial score (nSPS) is 22.3. The van der Waals surface area contributed by atoms with E-state index in [1.54, 1.807) is 31.4 Å². The molecule has 1 aromatic carbocycles. The first kappa shape index (κ1) is 17.5. The molecule has 0 saturated heterocycles. The van der Waals surface area contributed by atoms with Crippen molar-refractivity contribution < 1.29 is 23.8 Å². The van der Waals surface area contributed by atoms with Crippen LogP contribution in [0.1, 0.15) is 5.56 Å². The third-order valence-corrected chi connectivity index (χ3v) is 6.38. The predicted molar refractivity (Wildman–Crippen MR) is 91.3 cm³/mol. The second kappa shape index (κ2) is 6.72. The van der Waals surface area contributed by atoms with Crippen molar-refractivity contribution in [3.8, 4) is 5.75 Å².